The molecule has 0 saturated heterocycles. The summed E-state index contributed by atoms with van der Waals surface area (Å²) >= 11 is 1.38. The maximum absolute atomic E-state index is 12.1. The number of nitrogens with zero attached hydrogens (tertiary/aromatic N) is 1. The molecule has 1 heterocycles. The number of carbonyl (C=O) groups is 1. The van der Waals surface area contributed by atoms with E-state index >= 15 is 0 Å². The number of hydrogen-bond donors (Lipinski definition) is 2. The van der Waals surface area contributed by atoms with E-state index in [2.05, 4.69) is 15.3 Å². The van der Waals surface area contributed by atoms with E-state index < -0.39 is 0 Å². The van der Waals surface area contributed by atoms with Gasteiger partial charge in [-0.05, 0) is 43.7 Å². The molecule has 3 rings (SSSR count). The Morgan fingerprint density at radius 3 is 2.96 bits per heavy atom. The number of imidazole rings is 1. The van der Waals surface area contributed by atoms with E-state index in [1.165, 1.54) is 11.8 Å². The molecule has 0 fully saturated rings. The number of thioether (sulfide) groups is 1. The number of H-pyrrole nitrogens is 1. The molecule has 3 aromatic rings. The molecular weight excluding hydrogens is 322 g/mol. The van der Waals surface area contributed by atoms with Gasteiger partial charge >= 0.3 is 0 Å². The summed E-state index contributed by atoms with van der Waals surface area (Å²) in [5.74, 6) is 1.05. The highest BCUT2D eigenvalue weighted by molar-refractivity contribution is 7.99. The zero-order valence-electron chi connectivity index (χ0n) is 13.6. The van der Waals surface area contributed by atoms with Gasteiger partial charge in [0.05, 0.1) is 23.4 Å². The summed E-state index contributed by atoms with van der Waals surface area (Å²) in [4.78, 5) is 19.8. The minimum absolute atomic E-state index is 0.0546. The van der Waals surface area contributed by atoms with Gasteiger partial charge in [0, 0.05) is 11.8 Å². The summed E-state index contributed by atoms with van der Waals surface area (Å²) < 4.78 is 5.48. The van der Waals surface area contributed by atoms with Crippen LogP contribution in [0.15, 0.2) is 47.6 Å². The Labute approximate surface area is 144 Å². The molecule has 2 aromatic carbocycles. The number of fused-ring (bicyclic) bond motifs is 1. The Morgan fingerprint density at radius 2 is 2.17 bits per heavy atom. The maximum atomic E-state index is 12.1. The van der Waals surface area contributed by atoms with Crippen LogP contribution in [0.5, 0.6) is 5.75 Å². The minimum Gasteiger partial charge on any atom is -0.494 e. The fourth-order valence-corrected chi connectivity index (χ4v) is 3.03. The Bertz CT molecular complexity index is 860. The number of aromatic amines is 1. The third kappa shape index (κ3) is 4.08. The van der Waals surface area contributed by atoms with Gasteiger partial charge in [-0.15, -0.1) is 0 Å². The first kappa shape index (κ1) is 16.4. The third-order valence-electron chi connectivity index (χ3n) is 3.38. The van der Waals surface area contributed by atoms with E-state index in [4.69, 9.17) is 4.74 Å². The van der Waals surface area contributed by atoms with Gasteiger partial charge in [-0.1, -0.05) is 23.9 Å². The Morgan fingerprint density at radius 1 is 1.29 bits per heavy atom. The van der Waals surface area contributed by atoms with Crippen molar-refractivity contribution in [1.29, 1.82) is 0 Å². The van der Waals surface area contributed by atoms with Gasteiger partial charge < -0.3 is 15.0 Å². The van der Waals surface area contributed by atoms with Crippen LogP contribution in [-0.4, -0.2) is 28.2 Å². The fourth-order valence-electron chi connectivity index (χ4n) is 2.34. The largest absolute Gasteiger partial charge is 0.494 e. The molecule has 5 nitrogen and oxygen atoms in total. The van der Waals surface area contributed by atoms with Crippen molar-refractivity contribution >= 4 is 34.4 Å². The highest BCUT2D eigenvalue weighted by Crippen LogP contribution is 2.23. The van der Waals surface area contributed by atoms with Gasteiger partial charge in [0.25, 0.3) is 0 Å². The van der Waals surface area contributed by atoms with Crippen LogP contribution in [0.25, 0.3) is 11.0 Å². The number of benzene rings is 2. The SMILES string of the molecule is CCOc1ccc2nc(SCC(=O)Nc3cccc(C)c3)[nH]c2c1. The van der Waals surface area contributed by atoms with Gasteiger partial charge in [-0.2, -0.15) is 0 Å². The zero-order chi connectivity index (χ0) is 16.9. The van der Waals surface area contributed by atoms with Crippen LogP contribution >= 0.6 is 11.8 Å². The predicted molar refractivity (Wildman–Crippen MR) is 97.8 cm³/mol. The first-order valence-corrected chi connectivity index (χ1v) is 8.74. The van der Waals surface area contributed by atoms with E-state index in [1.807, 2.05) is 56.3 Å². The Hall–Kier alpha value is -2.47. The number of rotatable bonds is 6. The molecule has 0 atom stereocenters. The minimum atomic E-state index is -0.0546. The van der Waals surface area contributed by atoms with Crippen molar-refractivity contribution in [3.63, 3.8) is 0 Å². The molecule has 0 radical (unpaired) electrons. The van der Waals surface area contributed by atoms with Crippen molar-refractivity contribution in [3.8, 4) is 5.75 Å². The van der Waals surface area contributed by atoms with Crippen LogP contribution < -0.4 is 10.1 Å². The normalized spacial score (nSPS) is 10.8. The van der Waals surface area contributed by atoms with E-state index in [-0.39, 0.29) is 5.91 Å². The number of hydrogen-bond acceptors (Lipinski definition) is 4. The molecule has 1 aromatic heterocycles. The smallest absolute Gasteiger partial charge is 0.234 e. The van der Waals surface area contributed by atoms with Crippen LogP contribution in [0, 0.1) is 6.92 Å². The molecule has 6 heteroatoms. The maximum Gasteiger partial charge on any atom is 0.234 e. The molecule has 0 unspecified atom stereocenters. The van der Waals surface area contributed by atoms with Gasteiger partial charge in [0.2, 0.25) is 5.91 Å². The Kier molecular flexibility index (Phi) is 5.05. The number of aryl methyl sites for hydroxylation is 1. The van der Waals surface area contributed by atoms with E-state index in [0.717, 1.165) is 33.2 Å². The second-order valence-electron chi connectivity index (χ2n) is 5.36. The molecule has 24 heavy (non-hydrogen) atoms. The molecule has 0 bridgehead atoms. The lowest BCUT2D eigenvalue weighted by Gasteiger charge is -2.04. The molecule has 0 aliphatic carbocycles. The second-order valence-corrected chi connectivity index (χ2v) is 6.32. The molecular formula is C18H19N3O2S. The fraction of sp³-hybridized carbons (Fsp3) is 0.222. The first-order chi connectivity index (χ1) is 11.6. The quantitative estimate of drug-likeness (QED) is 0.665. The highest BCUT2D eigenvalue weighted by atomic mass is 32.2. The van der Waals surface area contributed by atoms with Crippen molar-refractivity contribution in [1.82, 2.24) is 9.97 Å². The number of nitrogens with one attached hydrogen (secondary N) is 2. The van der Waals surface area contributed by atoms with Gasteiger partial charge in [-0.3, -0.25) is 4.79 Å². The summed E-state index contributed by atoms with van der Waals surface area (Å²) in [6.45, 7) is 4.57. The summed E-state index contributed by atoms with van der Waals surface area (Å²) in [7, 11) is 0. The number of ether oxygens (including phenoxy) is 1. The highest BCUT2D eigenvalue weighted by Gasteiger charge is 2.08. The van der Waals surface area contributed by atoms with E-state index in [1.54, 1.807) is 0 Å². The summed E-state index contributed by atoms with van der Waals surface area (Å²) in [5, 5.41) is 3.61. The summed E-state index contributed by atoms with van der Waals surface area (Å²) in [5.41, 5.74) is 3.69. The standard InChI is InChI=1S/C18H19N3O2S/c1-3-23-14-7-8-15-16(10-14)21-18(20-15)24-11-17(22)19-13-6-4-5-12(2)9-13/h4-10H,3,11H2,1-2H3,(H,19,22)(H,20,21). The summed E-state index contributed by atoms with van der Waals surface area (Å²) in [6, 6.07) is 13.5. The topological polar surface area (TPSA) is 67.0 Å². The third-order valence-corrected chi connectivity index (χ3v) is 4.26. The molecule has 0 aliphatic rings. The van der Waals surface area contributed by atoms with Crippen LogP contribution in [-0.2, 0) is 4.79 Å². The van der Waals surface area contributed by atoms with Gasteiger partial charge in [0.15, 0.2) is 5.16 Å². The number of carbonyl (C=O) groups excluding carboxylic acids is 1. The lowest BCUT2D eigenvalue weighted by Crippen LogP contribution is -2.14. The van der Waals surface area contributed by atoms with Crippen molar-refractivity contribution in [2.24, 2.45) is 0 Å². The van der Waals surface area contributed by atoms with E-state index in [9.17, 15) is 4.79 Å². The van der Waals surface area contributed by atoms with Gasteiger partial charge in [-0.25, -0.2) is 4.98 Å². The first-order valence-electron chi connectivity index (χ1n) is 7.76. The van der Waals surface area contributed by atoms with E-state index in [0.29, 0.717) is 12.4 Å². The van der Waals surface area contributed by atoms with Crippen molar-refractivity contribution in [2.75, 3.05) is 17.7 Å². The molecule has 0 spiro atoms. The predicted octanol–water partition coefficient (Wildman–Crippen LogP) is 4.00. The lowest BCUT2D eigenvalue weighted by atomic mass is 10.2. The van der Waals surface area contributed by atoms with Crippen molar-refractivity contribution < 1.29 is 9.53 Å². The second kappa shape index (κ2) is 7.40. The van der Waals surface area contributed by atoms with Gasteiger partial charge in [0.1, 0.15) is 5.75 Å². The molecule has 124 valence electrons. The zero-order valence-corrected chi connectivity index (χ0v) is 14.4. The molecule has 1 amide bonds. The molecule has 2 N–H and O–H groups in total. The number of aromatic nitrogens is 2. The number of amides is 1. The Balaban J connectivity index is 1.61. The monoisotopic (exact) mass is 341 g/mol. The number of anilines is 1. The molecule has 0 aliphatic heterocycles. The molecule has 0 saturated carbocycles. The lowest BCUT2D eigenvalue weighted by molar-refractivity contribution is -0.113. The summed E-state index contributed by atoms with van der Waals surface area (Å²) in [6.07, 6.45) is 0. The van der Waals surface area contributed by atoms with Crippen LogP contribution in [0.3, 0.4) is 0 Å². The van der Waals surface area contributed by atoms with Crippen LogP contribution in [0.1, 0.15) is 12.5 Å². The average molecular weight is 341 g/mol. The van der Waals surface area contributed by atoms with Crippen molar-refractivity contribution in [3.05, 3.63) is 48.0 Å². The average Bonchev–Trinajstić information content (AvgIpc) is 2.95. The van der Waals surface area contributed by atoms with Crippen LogP contribution in [0.2, 0.25) is 0 Å². The van der Waals surface area contributed by atoms with Crippen molar-refractivity contribution in [2.45, 2.75) is 19.0 Å². The van der Waals surface area contributed by atoms with Crippen LogP contribution in [0.4, 0.5) is 5.69 Å².